The Bertz CT molecular complexity index is 942. The molecule has 3 rings (SSSR count). The van der Waals surface area contributed by atoms with Gasteiger partial charge in [0, 0.05) is 12.3 Å². The van der Waals surface area contributed by atoms with E-state index < -0.39 is 11.7 Å². The SMILES string of the molecule is O=C(Nc1c(Cl)cccc1Cl)c1ccn(COc2ccc(F)c(Cl)c2)n1. The summed E-state index contributed by atoms with van der Waals surface area (Å²) in [7, 11) is 0. The number of para-hydroxylation sites is 1. The van der Waals surface area contributed by atoms with Gasteiger partial charge in [0.1, 0.15) is 11.6 Å². The molecule has 3 aromatic rings. The fourth-order valence-electron chi connectivity index (χ4n) is 2.06. The number of aromatic nitrogens is 2. The van der Waals surface area contributed by atoms with Crippen molar-refractivity contribution < 1.29 is 13.9 Å². The lowest BCUT2D eigenvalue weighted by Gasteiger charge is -2.08. The van der Waals surface area contributed by atoms with Crippen molar-refractivity contribution in [2.75, 3.05) is 5.32 Å². The lowest BCUT2D eigenvalue weighted by Crippen LogP contribution is -2.14. The minimum absolute atomic E-state index is 0.0160. The predicted molar refractivity (Wildman–Crippen MR) is 98.7 cm³/mol. The van der Waals surface area contributed by atoms with Crippen molar-refractivity contribution in [2.24, 2.45) is 0 Å². The van der Waals surface area contributed by atoms with Gasteiger partial charge >= 0.3 is 0 Å². The number of nitrogens with zero attached hydrogens (tertiary/aromatic N) is 2. The molecule has 1 heterocycles. The van der Waals surface area contributed by atoms with E-state index in [-0.39, 0.29) is 17.4 Å². The minimum atomic E-state index is -0.532. The lowest BCUT2D eigenvalue weighted by atomic mass is 10.3. The van der Waals surface area contributed by atoms with Crippen LogP contribution in [0.5, 0.6) is 5.75 Å². The third-order valence-corrected chi connectivity index (χ3v) is 4.25. The molecule has 0 saturated heterocycles. The fraction of sp³-hybridized carbons (Fsp3) is 0.0588. The largest absolute Gasteiger partial charge is 0.471 e. The molecule has 9 heteroatoms. The maximum atomic E-state index is 13.1. The zero-order chi connectivity index (χ0) is 18.7. The highest BCUT2D eigenvalue weighted by molar-refractivity contribution is 6.40. The summed E-state index contributed by atoms with van der Waals surface area (Å²) in [5, 5.41) is 7.32. The zero-order valence-electron chi connectivity index (χ0n) is 13.0. The summed E-state index contributed by atoms with van der Waals surface area (Å²) in [5.74, 6) is -0.625. The van der Waals surface area contributed by atoms with Crippen LogP contribution in [-0.2, 0) is 6.73 Å². The molecule has 0 radical (unpaired) electrons. The number of halogens is 4. The maximum Gasteiger partial charge on any atom is 0.276 e. The number of anilines is 1. The van der Waals surface area contributed by atoms with Crippen molar-refractivity contribution in [1.82, 2.24) is 9.78 Å². The number of nitrogens with one attached hydrogen (secondary N) is 1. The number of carbonyl (C=O) groups excluding carboxylic acids is 1. The summed E-state index contributed by atoms with van der Waals surface area (Å²) in [4.78, 5) is 12.3. The molecule has 0 aliphatic rings. The Kier molecular flexibility index (Phi) is 5.66. The van der Waals surface area contributed by atoms with Crippen LogP contribution in [0.2, 0.25) is 15.1 Å². The highest BCUT2D eigenvalue weighted by Crippen LogP contribution is 2.30. The second kappa shape index (κ2) is 7.95. The van der Waals surface area contributed by atoms with Gasteiger partial charge in [-0.3, -0.25) is 4.79 Å². The number of benzene rings is 2. The third kappa shape index (κ3) is 4.27. The van der Waals surface area contributed by atoms with Crippen molar-refractivity contribution in [1.29, 1.82) is 0 Å². The normalized spacial score (nSPS) is 10.6. The molecule has 134 valence electrons. The third-order valence-electron chi connectivity index (χ3n) is 3.33. The van der Waals surface area contributed by atoms with Gasteiger partial charge in [-0.1, -0.05) is 40.9 Å². The van der Waals surface area contributed by atoms with Crippen molar-refractivity contribution in [2.45, 2.75) is 6.73 Å². The molecule has 1 amide bonds. The van der Waals surface area contributed by atoms with Gasteiger partial charge in [0.25, 0.3) is 5.91 Å². The Morgan fingerprint density at radius 1 is 1.12 bits per heavy atom. The van der Waals surface area contributed by atoms with E-state index in [1.54, 1.807) is 24.4 Å². The first-order valence-corrected chi connectivity index (χ1v) is 8.44. The first-order chi connectivity index (χ1) is 12.4. The van der Waals surface area contributed by atoms with Crippen LogP contribution >= 0.6 is 34.8 Å². The Hall–Kier alpha value is -2.28. The van der Waals surface area contributed by atoms with E-state index in [2.05, 4.69) is 10.4 Å². The predicted octanol–water partition coefficient (Wildman–Crippen LogP) is 5.27. The first kappa shape index (κ1) is 18.5. The molecule has 0 atom stereocenters. The van der Waals surface area contributed by atoms with Gasteiger partial charge < -0.3 is 10.1 Å². The fourth-order valence-corrected chi connectivity index (χ4v) is 2.72. The van der Waals surface area contributed by atoms with Crippen LogP contribution in [0.15, 0.2) is 48.7 Å². The molecule has 0 bridgehead atoms. The molecule has 5 nitrogen and oxygen atoms in total. The average molecular weight is 415 g/mol. The topological polar surface area (TPSA) is 56.2 Å². The number of hydrogen-bond acceptors (Lipinski definition) is 3. The van der Waals surface area contributed by atoms with Gasteiger partial charge in [0.2, 0.25) is 0 Å². The number of carbonyl (C=O) groups is 1. The highest BCUT2D eigenvalue weighted by Gasteiger charge is 2.14. The molecule has 0 fully saturated rings. The van der Waals surface area contributed by atoms with E-state index in [1.165, 1.54) is 28.9 Å². The summed E-state index contributed by atoms with van der Waals surface area (Å²) in [6, 6.07) is 10.4. The van der Waals surface area contributed by atoms with Gasteiger partial charge in [-0.2, -0.15) is 5.10 Å². The highest BCUT2D eigenvalue weighted by atomic mass is 35.5. The summed E-state index contributed by atoms with van der Waals surface area (Å²) in [5.41, 5.74) is 0.467. The Morgan fingerprint density at radius 3 is 2.54 bits per heavy atom. The van der Waals surface area contributed by atoms with Gasteiger partial charge in [-0.15, -0.1) is 0 Å². The number of amides is 1. The minimum Gasteiger partial charge on any atom is -0.471 e. The number of ether oxygens (including phenoxy) is 1. The maximum absolute atomic E-state index is 13.1. The molecular weight excluding hydrogens is 404 g/mol. The van der Waals surface area contributed by atoms with Crippen molar-refractivity contribution >= 4 is 46.4 Å². The van der Waals surface area contributed by atoms with Gasteiger partial charge in [0.05, 0.1) is 20.8 Å². The molecule has 0 spiro atoms. The molecule has 0 saturated carbocycles. The van der Waals surface area contributed by atoms with Crippen molar-refractivity contribution in [3.8, 4) is 5.75 Å². The Balaban J connectivity index is 1.65. The molecule has 26 heavy (non-hydrogen) atoms. The van der Waals surface area contributed by atoms with E-state index in [0.717, 1.165) is 0 Å². The summed E-state index contributed by atoms with van der Waals surface area (Å²) in [6.45, 7) is 0.0160. The number of rotatable bonds is 5. The molecule has 1 N–H and O–H groups in total. The zero-order valence-corrected chi connectivity index (χ0v) is 15.3. The molecule has 1 aromatic heterocycles. The summed E-state index contributed by atoms with van der Waals surface area (Å²) in [6.07, 6.45) is 1.56. The molecule has 0 aliphatic carbocycles. The Morgan fingerprint density at radius 2 is 1.85 bits per heavy atom. The summed E-state index contributed by atoms with van der Waals surface area (Å²) < 4.78 is 20.0. The van der Waals surface area contributed by atoms with E-state index in [4.69, 9.17) is 39.5 Å². The molecule has 2 aromatic carbocycles. The molecule has 0 aliphatic heterocycles. The van der Waals surface area contributed by atoms with Crippen molar-refractivity contribution in [3.05, 3.63) is 75.2 Å². The smallest absolute Gasteiger partial charge is 0.276 e. The lowest BCUT2D eigenvalue weighted by molar-refractivity contribution is 0.102. The van der Waals surface area contributed by atoms with Crippen LogP contribution < -0.4 is 10.1 Å². The Labute approximate surface area is 163 Å². The quantitative estimate of drug-likeness (QED) is 0.618. The van der Waals surface area contributed by atoms with E-state index in [0.29, 0.717) is 21.5 Å². The monoisotopic (exact) mass is 413 g/mol. The van der Waals surface area contributed by atoms with Crippen LogP contribution in [-0.4, -0.2) is 15.7 Å². The van der Waals surface area contributed by atoms with Crippen molar-refractivity contribution in [3.63, 3.8) is 0 Å². The van der Waals surface area contributed by atoms with Crippen LogP contribution in [0.3, 0.4) is 0 Å². The average Bonchev–Trinajstić information content (AvgIpc) is 3.08. The van der Waals surface area contributed by atoms with E-state index >= 15 is 0 Å². The number of hydrogen-bond donors (Lipinski definition) is 1. The van der Waals surface area contributed by atoms with Gasteiger partial charge in [-0.25, -0.2) is 9.07 Å². The van der Waals surface area contributed by atoms with Crippen LogP contribution in [0.1, 0.15) is 10.5 Å². The summed E-state index contributed by atoms with van der Waals surface area (Å²) >= 11 is 17.7. The van der Waals surface area contributed by atoms with Crippen LogP contribution in [0, 0.1) is 5.82 Å². The first-order valence-electron chi connectivity index (χ1n) is 7.30. The molecular formula is C17H11Cl3FN3O2. The second-order valence-corrected chi connectivity index (χ2v) is 6.36. The van der Waals surface area contributed by atoms with Crippen LogP contribution in [0.25, 0.3) is 0 Å². The van der Waals surface area contributed by atoms with Gasteiger partial charge in [0.15, 0.2) is 12.4 Å². The van der Waals surface area contributed by atoms with E-state index in [1.807, 2.05) is 0 Å². The van der Waals surface area contributed by atoms with Crippen LogP contribution in [0.4, 0.5) is 10.1 Å². The van der Waals surface area contributed by atoms with Gasteiger partial charge in [-0.05, 0) is 30.3 Å². The molecule has 0 unspecified atom stereocenters. The standard InChI is InChI=1S/C17H11Cl3FN3O2/c18-11-2-1-3-12(19)16(11)22-17(25)15-6-7-24(23-15)9-26-10-4-5-14(21)13(20)8-10/h1-8H,9H2,(H,22,25). The second-order valence-electron chi connectivity index (χ2n) is 5.14. The van der Waals surface area contributed by atoms with E-state index in [9.17, 15) is 9.18 Å².